The number of hydrogen-bond donors (Lipinski definition) is 4. The molecule has 7 nitrogen and oxygen atoms in total. The van der Waals surface area contributed by atoms with Crippen LogP contribution in [-0.2, 0) is 14.4 Å². The molecule has 0 fully saturated rings. The Morgan fingerprint density at radius 3 is 2.20 bits per heavy atom. The molecule has 2 aromatic carbocycles. The molecule has 188 valence electrons. The minimum absolute atomic E-state index is 0.00804. The van der Waals surface area contributed by atoms with Crippen LogP contribution in [0.5, 0.6) is 0 Å². The molecular formula is C23H22F5N3O4. The standard InChI is InChI=1S/C23H22F5N3O4/c1-2-11-21(35,19(33)29-12-22(24,25)23(26,27)28)20(34)31-17-15-9-4-3-7-13(15)14-8-5-6-10-16(14)30-18(17)32/h3-10,17,35H,2,11-12H2,1H3,(H,29,33)(H,30,32)(H,31,34)/t17-,21-/m0/s1. The lowest BCUT2D eigenvalue weighted by Gasteiger charge is -2.29. The van der Waals surface area contributed by atoms with Crippen LogP contribution < -0.4 is 16.0 Å². The second-order valence-corrected chi connectivity index (χ2v) is 8.02. The fraction of sp³-hybridized carbons (Fsp3) is 0.348. The zero-order valence-corrected chi connectivity index (χ0v) is 18.4. The van der Waals surface area contributed by atoms with Gasteiger partial charge in [0.1, 0.15) is 6.04 Å². The van der Waals surface area contributed by atoms with Crippen molar-refractivity contribution >= 4 is 23.4 Å². The van der Waals surface area contributed by atoms with Gasteiger partial charge in [-0.2, -0.15) is 22.0 Å². The number of carbonyl (C=O) groups excluding carboxylic acids is 3. The molecule has 35 heavy (non-hydrogen) atoms. The highest BCUT2D eigenvalue weighted by Crippen LogP contribution is 2.38. The van der Waals surface area contributed by atoms with Crippen molar-refractivity contribution in [3.8, 4) is 11.1 Å². The van der Waals surface area contributed by atoms with Crippen LogP contribution in [0.25, 0.3) is 11.1 Å². The SMILES string of the molecule is CCC[C@](O)(C(=O)NCC(F)(F)C(F)(F)F)C(=O)N[C@@H]1C(=O)Nc2ccccc2-c2ccccc21. The van der Waals surface area contributed by atoms with Crippen LogP contribution in [0.2, 0.25) is 0 Å². The lowest BCUT2D eigenvalue weighted by molar-refractivity contribution is -0.278. The minimum atomic E-state index is -5.94. The number of halogens is 5. The molecule has 1 aliphatic heterocycles. The van der Waals surface area contributed by atoms with Crippen molar-refractivity contribution in [1.29, 1.82) is 0 Å². The third kappa shape index (κ3) is 5.11. The number of carbonyl (C=O) groups is 3. The first kappa shape index (κ1) is 26.1. The van der Waals surface area contributed by atoms with Crippen molar-refractivity contribution in [3.63, 3.8) is 0 Å². The molecule has 0 radical (unpaired) electrons. The maximum Gasteiger partial charge on any atom is 0.455 e. The summed E-state index contributed by atoms with van der Waals surface area (Å²) < 4.78 is 63.8. The predicted octanol–water partition coefficient (Wildman–Crippen LogP) is 3.31. The summed E-state index contributed by atoms with van der Waals surface area (Å²) in [5.74, 6) is -9.16. The third-order valence-corrected chi connectivity index (χ3v) is 5.53. The fourth-order valence-corrected chi connectivity index (χ4v) is 3.69. The largest absolute Gasteiger partial charge is 0.455 e. The Morgan fingerprint density at radius 1 is 0.971 bits per heavy atom. The summed E-state index contributed by atoms with van der Waals surface area (Å²) in [5.41, 5.74) is -1.03. The number of fused-ring (bicyclic) bond motifs is 3. The Labute approximate surface area is 196 Å². The van der Waals surface area contributed by atoms with E-state index in [1.807, 2.05) is 0 Å². The van der Waals surface area contributed by atoms with Crippen LogP contribution in [0.3, 0.4) is 0 Å². The van der Waals surface area contributed by atoms with Crippen molar-refractivity contribution in [3.05, 3.63) is 54.1 Å². The zero-order valence-electron chi connectivity index (χ0n) is 18.4. The molecule has 4 N–H and O–H groups in total. The highest BCUT2D eigenvalue weighted by Gasteiger charge is 2.58. The molecule has 0 aromatic heterocycles. The Balaban J connectivity index is 1.89. The topological polar surface area (TPSA) is 108 Å². The number of anilines is 1. The minimum Gasteiger partial charge on any atom is -0.372 e. The summed E-state index contributed by atoms with van der Waals surface area (Å²) in [4.78, 5) is 38.4. The molecule has 2 atom stereocenters. The van der Waals surface area contributed by atoms with Crippen LogP contribution in [-0.4, -0.2) is 47.1 Å². The molecule has 0 saturated carbocycles. The van der Waals surface area contributed by atoms with E-state index in [2.05, 4.69) is 10.6 Å². The van der Waals surface area contributed by atoms with Gasteiger partial charge in [-0.3, -0.25) is 14.4 Å². The van der Waals surface area contributed by atoms with Gasteiger partial charge in [0.2, 0.25) is 5.60 Å². The van der Waals surface area contributed by atoms with E-state index in [0.29, 0.717) is 22.4 Å². The Bertz CT molecular complexity index is 1140. The molecule has 0 bridgehead atoms. The smallest absolute Gasteiger partial charge is 0.372 e. The quantitative estimate of drug-likeness (QED) is 0.346. The van der Waals surface area contributed by atoms with Crippen LogP contribution in [0.4, 0.5) is 27.6 Å². The monoisotopic (exact) mass is 499 g/mol. The van der Waals surface area contributed by atoms with Crippen molar-refractivity contribution in [2.45, 2.75) is 43.5 Å². The van der Waals surface area contributed by atoms with Gasteiger partial charge in [-0.25, -0.2) is 0 Å². The summed E-state index contributed by atoms with van der Waals surface area (Å²) in [6, 6.07) is 11.9. The van der Waals surface area contributed by atoms with E-state index in [1.54, 1.807) is 48.5 Å². The molecule has 0 unspecified atom stereocenters. The number of rotatable bonds is 7. The van der Waals surface area contributed by atoms with Crippen LogP contribution in [0.15, 0.2) is 48.5 Å². The van der Waals surface area contributed by atoms with Gasteiger partial charge in [0.25, 0.3) is 17.7 Å². The molecule has 1 aliphatic rings. The Morgan fingerprint density at radius 2 is 1.57 bits per heavy atom. The van der Waals surface area contributed by atoms with Gasteiger partial charge in [-0.15, -0.1) is 0 Å². The van der Waals surface area contributed by atoms with Gasteiger partial charge in [0.05, 0.1) is 6.54 Å². The summed E-state index contributed by atoms with van der Waals surface area (Å²) in [7, 11) is 0. The molecule has 3 amide bonds. The van der Waals surface area contributed by atoms with Gasteiger partial charge in [0, 0.05) is 11.3 Å². The summed E-state index contributed by atoms with van der Waals surface area (Å²) in [5, 5.41) is 17.0. The predicted molar refractivity (Wildman–Crippen MR) is 115 cm³/mol. The molecule has 3 rings (SSSR count). The van der Waals surface area contributed by atoms with E-state index in [1.165, 1.54) is 12.2 Å². The van der Waals surface area contributed by atoms with Gasteiger partial charge >= 0.3 is 12.1 Å². The average molecular weight is 499 g/mol. The Kier molecular flexibility index (Phi) is 7.16. The first-order valence-electron chi connectivity index (χ1n) is 10.6. The first-order valence-corrected chi connectivity index (χ1v) is 10.6. The summed E-state index contributed by atoms with van der Waals surface area (Å²) in [6.07, 6.45) is -6.55. The average Bonchev–Trinajstić information content (AvgIpc) is 2.91. The van der Waals surface area contributed by atoms with Crippen LogP contribution in [0.1, 0.15) is 31.4 Å². The van der Waals surface area contributed by atoms with Crippen LogP contribution >= 0.6 is 0 Å². The number of amides is 3. The molecular weight excluding hydrogens is 477 g/mol. The van der Waals surface area contributed by atoms with E-state index in [9.17, 15) is 41.4 Å². The number of benzene rings is 2. The number of hydrogen-bond acceptors (Lipinski definition) is 4. The van der Waals surface area contributed by atoms with Gasteiger partial charge in [-0.05, 0) is 23.6 Å². The second-order valence-electron chi connectivity index (χ2n) is 8.02. The number of alkyl halides is 5. The highest BCUT2D eigenvalue weighted by molar-refractivity contribution is 6.11. The van der Waals surface area contributed by atoms with E-state index in [-0.39, 0.29) is 6.42 Å². The van der Waals surface area contributed by atoms with E-state index in [0.717, 1.165) is 0 Å². The van der Waals surface area contributed by atoms with Gasteiger partial charge in [0.15, 0.2) is 0 Å². The molecule has 12 heteroatoms. The second kappa shape index (κ2) is 9.61. The molecule has 0 saturated heterocycles. The number of aliphatic hydroxyl groups is 1. The van der Waals surface area contributed by atoms with Crippen LogP contribution in [0, 0.1) is 0 Å². The van der Waals surface area contributed by atoms with Crippen molar-refractivity contribution in [2.75, 3.05) is 11.9 Å². The molecule has 1 heterocycles. The van der Waals surface area contributed by atoms with Crippen molar-refractivity contribution in [2.24, 2.45) is 0 Å². The summed E-state index contributed by atoms with van der Waals surface area (Å²) >= 11 is 0. The molecule has 0 spiro atoms. The zero-order chi connectivity index (χ0) is 26.0. The number of para-hydroxylation sites is 1. The normalized spacial score (nSPS) is 17.2. The van der Waals surface area contributed by atoms with Gasteiger partial charge < -0.3 is 21.1 Å². The maximum atomic E-state index is 13.3. The third-order valence-electron chi connectivity index (χ3n) is 5.53. The van der Waals surface area contributed by atoms with E-state index >= 15 is 0 Å². The molecule has 0 aliphatic carbocycles. The van der Waals surface area contributed by atoms with Gasteiger partial charge in [-0.1, -0.05) is 55.8 Å². The lowest BCUT2D eigenvalue weighted by Crippen LogP contribution is -2.60. The molecule has 2 aromatic rings. The summed E-state index contributed by atoms with van der Waals surface area (Å²) in [6.45, 7) is -0.711. The highest BCUT2D eigenvalue weighted by atomic mass is 19.4. The van der Waals surface area contributed by atoms with E-state index in [4.69, 9.17) is 0 Å². The van der Waals surface area contributed by atoms with Crippen molar-refractivity contribution < 1.29 is 41.4 Å². The Hall–Kier alpha value is -3.54. The number of nitrogens with one attached hydrogen (secondary N) is 3. The van der Waals surface area contributed by atoms with Crippen molar-refractivity contribution in [1.82, 2.24) is 10.6 Å². The van der Waals surface area contributed by atoms with E-state index < -0.39 is 54.4 Å². The lowest BCUT2D eigenvalue weighted by atomic mass is 9.92. The fourth-order valence-electron chi connectivity index (χ4n) is 3.69. The maximum absolute atomic E-state index is 13.3. The first-order chi connectivity index (χ1) is 16.3.